The third-order valence-electron chi connectivity index (χ3n) is 5.87. The Hall–Kier alpha value is -2.41. The molecule has 2 N–H and O–H groups in total. The van der Waals surface area contributed by atoms with Gasteiger partial charge >= 0.3 is 0 Å². The van der Waals surface area contributed by atoms with Gasteiger partial charge < -0.3 is 15.3 Å². The van der Waals surface area contributed by atoms with Crippen molar-refractivity contribution in [2.24, 2.45) is 5.92 Å². The van der Waals surface area contributed by atoms with Gasteiger partial charge in [-0.2, -0.15) is 5.10 Å². The van der Waals surface area contributed by atoms with Crippen LogP contribution >= 0.6 is 0 Å². The van der Waals surface area contributed by atoms with E-state index in [2.05, 4.69) is 10.4 Å². The fourth-order valence-electron chi connectivity index (χ4n) is 3.97. The molecule has 1 saturated heterocycles. The van der Waals surface area contributed by atoms with E-state index in [1.54, 1.807) is 10.9 Å². The average Bonchev–Trinajstić information content (AvgIpc) is 2.95. The minimum absolute atomic E-state index is 0.123. The average molecular weight is 370 g/mol. The quantitative estimate of drug-likeness (QED) is 0.863. The zero-order valence-electron chi connectivity index (χ0n) is 15.6. The molecule has 0 radical (unpaired) electrons. The first kappa shape index (κ1) is 18.0. The molecule has 2 heterocycles. The Morgan fingerprint density at radius 3 is 2.67 bits per heavy atom. The molecule has 1 aliphatic carbocycles. The summed E-state index contributed by atoms with van der Waals surface area (Å²) >= 11 is 0. The number of piperidine rings is 1. The summed E-state index contributed by atoms with van der Waals surface area (Å²) in [7, 11) is 0. The standard InChI is InChI=1S/C20H26N4O3/c1-14(25)22-17-6-5-16-12-21-24(18(16)11-17)13-20(27)7-9-23(10-8-20)19(26)15-3-2-4-15/h5-6,11-12,15,27H,2-4,7-10,13H2,1H3,(H,22,25). The van der Waals surface area contributed by atoms with Gasteiger partial charge in [0.05, 0.1) is 23.9 Å². The van der Waals surface area contributed by atoms with Crippen molar-refractivity contribution in [2.75, 3.05) is 18.4 Å². The molecule has 1 aromatic heterocycles. The molecular formula is C20H26N4O3. The first-order chi connectivity index (χ1) is 12.9. The third kappa shape index (κ3) is 3.69. The molecule has 0 atom stereocenters. The van der Waals surface area contributed by atoms with Gasteiger partial charge in [-0.15, -0.1) is 0 Å². The number of fused-ring (bicyclic) bond motifs is 1. The maximum atomic E-state index is 12.4. The van der Waals surface area contributed by atoms with Crippen LogP contribution in [0.5, 0.6) is 0 Å². The summed E-state index contributed by atoms with van der Waals surface area (Å²) in [6.45, 7) is 3.05. The maximum absolute atomic E-state index is 12.4. The van der Waals surface area contributed by atoms with Crippen LogP contribution in [0.3, 0.4) is 0 Å². The molecule has 1 aliphatic heterocycles. The number of nitrogens with one attached hydrogen (secondary N) is 1. The number of carbonyl (C=O) groups excluding carboxylic acids is 2. The monoisotopic (exact) mass is 370 g/mol. The molecule has 1 saturated carbocycles. The number of likely N-dealkylation sites (tertiary alicyclic amines) is 1. The van der Waals surface area contributed by atoms with Gasteiger partial charge in [-0.25, -0.2) is 0 Å². The highest BCUT2D eigenvalue weighted by atomic mass is 16.3. The van der Waals surface area contributed by atoms with Crippen molar-refractivity contribution in [3.8, 4) is 0 Å². The van der Waals surface area contributed by atoms with E-state index in [-0.39, 0.29) is 17.7 Å². The number of benzene rings is 1. The Bertz CT molecular complexity index is 863. The summed E-state index contributed by atoms with van der Waals surface area (Å²) in [4.78, 5) is 25.6. The van der Waals surface area contributed by atoms with Gasteiger partial charge in [-0.05, 0) is 43.9 Å². The van der Waals surface area contributed by atoms with Crippen molar-refractivity contribution in [3.05, 3.63) is 24.4 Å². The van der Waals surface area contributed by atoms with E-state index in [0.29, 0.717) is 38.2 Å². The minimum Gasteiger partial charge on any atom is -0.388 e. The Labute approximate surface area is 158 Å². The topological polar surface area (TPSA) is 87.5 Å². The van der Waals surface area contributed by atoms with Gasteiger partial charge in [-0.1, -0.05) is 6.42 Å². The van der Waals surface area contributed by atoms with Crippen LogP contribution in [-0.4, -0.2) is 50.3 Å². The van der Waals surface area contributed by atoms with Gasteiger partial charge in [0.2, 0.25) is 11.8 Å². The summed E-state index contributed by atoms with van der Waals surface area (Å²) < 4.78 is 1.80. The fraction of sp³-hybridized carbons (Fsp3) is 0.550. The van der Waals surface area contributed by atoms with Gasteiger partial charge in [-0.3, -0.25) is 14.3 Å². The summed E-state index contributed by atoms with van der Waals surface area (Å²) in [6, 6.07) is 5.63. The van der Waals surface area contributed by atoms with E-state index in [0.717, 1.165) is 30.2 Å². The molecule has 2 amide bonds. The lowest BCUT2D eigenvalue weighted by Crippen LogP contribution is -2.50. The van der Waals surface area contributed by atoms with Crippen molar-refractivity contribution in [1.82, 2.24) is 14.7 Å². The number of nitrogens with zero attached hydrogens (tertiary/aromatic N) is 3. The molecule has 7 nitrogen and oxygen atoms in total. The first-order valence-electron chi connectivity index (χ1n) is 9.68. The van der Waals surface area contributed by atoms with Crippen LogP contribution in [0.15, 0.2) is 24.4 Å². The third-order valence-corrected chi connectivity index (χ3v) is 5.87. The maximum Gasteiger partial charge on any atom is 0.225 e. The highest BCUT2D eigenvalue weighted by molar-refractivity contribution is 5.92. The number of hydrogen-bond donors (Lipinski definition) is 2. The van der Waals surface area contributed by atoms with Crippen LogP contribution < -0.4 is 5.32 Å². The second-order valence-corrected chi connectivity index (χ2v) is 7.93. The van der Waals surface area contributed by atoms with Crippen LogP contribution in [-0.2, 0) is 16.1 Å². The molecule has 0 unspecified atom stereocenters. The predicted molar refractivity (Wildman–Crippen MR) is 102 cm³/mol. The molecule has 0 bridgehead atoms. The Kier molecular flexibility index (Phi) is 4.63. The second-order valence-electron chi connectivity index (χ2n) is 7.93. The Balaban J connectivity index is 1.45. The van der Waals surface area contributed by atoms with E-state index in [1.165, 1.54) is 6.92 Å². The number of rotatable bonds is 4. The summed E-state index contributed by atoms with van der Waals surface area (Å²) in [5, 5.41) is 19.2. The van der Waals surface area contributed by atoms with E-state index < -0.39 is 5.60 Å². The van der Waals surface area contributed by atoms with Gasteiger partial charge in [0.25, 0.3) is 0 Å². The number of anilines is 1. The van der Waals surface area contributed by atoms with Crippen molar-refractivity contribution in [2.45, 2.75) is 51.2 Å². The lowest BCUT2D eigenvalue weighted by Gasteiger charge is -2.40. The minimum atomic E-state index is -0.876. The largest absolute Gasteiger partial charge is 0.388 e. The second kappa shape index (κ2) is 6.96. The normalized spacial score (nSPS) is 19.7. The molecule has 2 aliphatic rings. The lowest BCUT2D eigenvalue weighted by atomic mass is 9.83. The van der Waals surface area contributed by atoms with E-state index in [1.807, 2.05) is 23.1 Å². The van der Waals surface area contributed by atoms with Crippen molar-refractivity contribution >= 4 is 28.4 Å². The summed E-state index contributed by atoms with van der Waals surface area (Å²) in [5.74, 6) is 0.341. The zero-order chi connectivity index (χ0) is 19.0. The molecule has 27 heavy (non-hydrogen) atoms. The van der Waals surface area contributed by atoms with E-state index in [9.17, 15) is 14.7 Å². The Morgan fingerprint density at radius 2 is 2.04 bits per heavy atom. The fourth-order valence-corrected chi connectivity index (χ4v) is 3.97. The van der Waals surface area contributed by atoms with Crippen LogP contribution in [0, 0.1) is 5.92 Å². The first-order valence-corrected chi connectivity index (χ1v) is 9.68. The molecule has 2 aromatic rings. The van der Waals surface area contributed by atoms with Gasteiger partial charge in [0.1, 0.15) is 0 Å². The molecule has 144 valence electrons. The van der Waals surface area contributed by atoms with Crippen LogP contribution in [0.1, 0.15) is 39.0 Å². The van der Waals surface area contributed by atoms with Crippen molar-refractivity contribution in [1.29, 1.82) is 0 Å². The van der Waals surface area contributed by atoms with E-state index >= 15 is 0 Å². The number of aromatic nitrogens is 2. The van der Waals surface area contributed by atoms with Crippen LogP contribution in [0.25, 0.3) is 10.9 Å². The molecular weight excluding hydrogens is 344 g/mol. The van der Waals surface area contributed by atoms with Gasteiger partial charge in [0.15, 0.2) is 0 Å². The molecule has 7 heteroatoms. The number of hydrogen-bond acceptors (Lipinski definition) is 4. The molecule has 0 spiro atoms. The van der Waals surface area contributed by atoms with Crippen molar-refractivity contribution < 1.29 is 14.7 Å². The molecule has 4 rings (SSSR count). The smallest absolute Gasteiger partial charge is 0.225 e. The van der Waals surface area contributed by atoms with Gasteiger partial charge in [0, 0.05) is 37.0 Å². The highest BCUT2D eigenvalue weighted by Crippen LogP contribution is 2.32. The van der Waals surface area contributed by atoms with E-state index in [4.69, 9.17) is 0 Å². The SMILES string of the molecule is CC(=O)Nc1ccc2cnn(CC3(O)CCN(C(=O)C4CCC4)CC3)c2c1. The van der Waals surface area contributed by atoms with Crippen LogP contribution in [0.4, 0.5) is 5.69 Å². The zero-order valence-corrected chi connectivity index (χ0v) is 15.6. The number of carbonyl (C=O) groups is 2. The summed E-state index contributed by atoms with van der Waals surface area (Å²) in [5.41, 5.74) is 0.714. The number of aliphatic hydroxyl groups is 1. The van der Waals surface area contributed by atoms with Crippen molar-refractivity contribution in [3.63, 3.8) is 0 Å². The lowest BCUT2D eigenvalue weighted by molar-refractivity contribution is -0.142. The predicted octanol–water partition coefficient (Wildman–Crippen LogP) is 2.15. The molecule has 2 fully saturated rings. The summed E-state index contributed by atoms with van der Waals surface area (Å²) in [6.07, 6.45) is 6.05. The Morgan fingerprint density at radius 1 is 1.30 bits per heavy atom. The number of amides is 2. The van der Waals surface area contributed by atoms with Crippen LogP contribution in [0.2, 0.25) is 0 Å². The molecule has 1 aromatic carbocycles. The highest BCUT2D eigenvalue weighted by Gasteiger charge is 2.37.